The topological polar surface area (TPSA) is 65.4 Å². The van der Waals surface area contributed by atoms with E-state index in [-0.39, 0.29) is 12.5 Å². The van der Waals surface area contributed by atoms with E-state index in [1.807, 2.05) is 41.9 Å². The number of anilines is 1. The zero-order valence-electron chi connectivity index (χ0n) is 18.7. The van der Waals surface area contributed by atoms with E-state index in [2.05, 4.69) is 10.4 Å². The van der Waals surface area contributed by atoms with Crippen molar-refractivity contribution in [1.29, 1.82) is 0 Å². The molecule has 174 valence electrons. The highest BCUT2D eigenvalue weighted by Gasteiger charge is 2.14. The maximum absolute atomic E-state index is 12.9. The first-order valence-electron chi connectivity index (χ1n) is 10.6. The Morgan fingerprint density at radius 2 is 1.79 bits per heavy atom. The first kappa shape index (κ1) is 23.7. The Kier molecular flexibility index (Phi) is 7.40. The molecule has 0 fully saturated rings. The van der Waals surface area contributed by atoms with Crippen LogP contribution in [0.25, 0.3) is 0 Å². The van der Waals surface area contributed by atoms with Crippen LogP contribution in [0.3, 0.4) is 0 Å². The molecule has 0 unspecified atom stereocenters. The first-order chi connectivity index (χ1) is 16.4. The molecule has 1 aromatic heterocycles. The molecular weight excluding hydrogens is 473 g/mol. The summed E-state index contributed by atoms with van der Waals surface area (Å²) in [7, 11) is 1.58. The number of methoxy groups -OCH3 is 1. The lowest BCUT2D eigenvalue weighted by Crippen LogP contribution is -2.14. The standard InChI is InChI=1S/C26H23Cl2N3O3/c1-17-12-25(30-31(17)15-18-4-3-5-22(28)13-18)29-26(32)19-6-11-24(33-2)20(14-19)16-34-23-9-7-21(27)8-10-23/h3-14H,15-16H2,1-2H3,(H,29,30,32). The lowest BCUT2D eigenvalue weighted by molar-refractivity contribution is 0.102. The zero-order chi connectivity index (χ0) is 24.1. The van der Waals surface area contributed by atoms with Gasteiger partial charge in [-0.1, -0.05) is 35.3 Å². The number of amides is 1. The number of hydrogen-bond donors (Lipinski definition) is 1. The number of nitrogens with zero attached hydrogens (tertiary/aromatic N) is 2. The fraction of sp³-hybridized carbons (Fsp3) is 0.154. The predicted molar refractivity (Wildman–Crippen MR) is 134 cm³/mol. The van der Waals surface area contributed by atoms with Gasteiger partial charge in [-0.25, -0.2) is 0 Å². The van der Waals surface area contributed by atoms with Gasteiger partial charge < -0.3 is 14.8 Å². The molecule has 0 aliphatic rings. The molecule has 0 bridgehead atoms. The number of halogens is 2. The maximum Gasteiger partial charge on any atom is 0.256 e. The van der Waals surface area contributed by atoms with E-state index in [4.69, 9.17) is 32.7 Å². The number of carbonyl (C=O) groups is 1. The number of aromatic nitrogens is 2. The van der Waals surface area contributed by atoms with Crippen LogP contribution in [0.2, 0.25) is 10.0 Å². The second-order valence-corrected chi connectivity index (χ2v) is 8.55. The Bertz CT molecular complexity index is 1300. The summed E-state index contributed by atoms with van der Waals surface area (Å²) in [6, 6.07) is 21.7. The van der Waals surface area contributed by atoms with Gasteiger partial charge in [0, 0.05) is 32.9 Å². The minimum absolute atomic E-state index is 0.235. The highest BCUT2D eigenvalue weighted by Crippen LogP contribution is 2.24. The van der Waals surface area contributed by atoms with Gasteiger partial charge in [-0.3, -0.25) is 9.48 Å². The normalized spacial score (nSPS) is 10.7. The zero-order valence-corrected chi connectivity index (χ0v) is 20.2. The number of hydrogen-bond acceptors (Lipinski definition) is 4. The fourth-order valence-corrected chi connectivity index (χ4v) is 3.79. The summed E-state index contributed by atoms with van der Waals surface area (Å²) in [4.78, 5) is 12.9. The third-order valence-corrected chi connectivity index (χ3v) is 5.68. The summed E-state index contributed by atoms with van der Waals surface area (Å²) >= 11 is 12.0. The number of nitrogens with one attached hydrogen (secondary N) is 1. The molecule has 1 amide bonds. The quantitative estimate of drug-likeness (QED) is 0.307. The lowest BCUT2D eigenvalue weighted by Gasteiger charge is -2.12. The molecule has 0 saturated carbocycles. The predicted octanol–water partition coefficient (Wildman–Crippen LogP) is 6.39. The van der Waals surface area contributed by atoms with Crippen molar-refractivity contribution in [2.75, 3.05) is 12.4 Å². The molecule has 0 aliphatic carbocycles. The smallest absolute Gasteiger partial charge is 0.256 e. The SMILES string of the molecule is COc1ccc(C(=O)Nc2cc(C)n(Cc3cccc(Cl)c3)n2)cc1COc1ccc(Cl)cc1. The van der Waals surface area contributed by atoms with Crippen LogP contribution in [0, 0.1) is 6.92 Å². The van der Waals surface area contributed by atoms with Gasteiger partial charge in [0.2, 0.25) is 0 Å². The van der Waals surface area contributed by atoms with Crippen molar-refractivity contribution in [2.45, 2.75) is 20.1 Å². The van der Waals surface area contributed by atoms with Crippen LogP contribution in [0.15, 0.2) is 72.8 Å². The third kappa shape index (κ3) is 5.90. The van der Waals surface area contributed by atoms with E-state index in [0.717, 1.165) is 16.8 Å². The summed E-state index contributed by atoms with van der Waals surface area (Å²) in [5.74, 6) is 1.50. The first-order valence-corrected chi connectivity index (χ1v) is 11.3. The molecule has 0 atom stereocenters. The van der Waals surface area contributed by atoms with Crippen molar-refractivity contribution < 1.29 is 14.3 Å². The molecule has 6 nitrogen and oxygen atoms in total. The van der Waals surface area contributed by atoms with Crippen LogP contribution in [0.1, 0.15) is 27.2 Å². The van der Waals surface area contributed by atoms with Gasteiger partial charge in [-0.2, -0.15) is 5.10 Å². The fourth-order valence-electron chi connectivity index (χ4n) is 3.45. The summed E-state index contributed by atoms with van der Waals surface area (Å²) < 4.78 is 13.1. The Morgan fingerprint density at radius 3 is 2.53 bits per heavy atom. The Balaban J connectivity index is 1.46. The Hall–Kier alpha value is -3.48. The average Bonchev–Trinajstić information content (AvgIpc) is 3.16. The van der Waals surface area contributed by atoms with Gasteiger partial charge in [0.25, 0.3) is 5.91 Å². The summed E-state index contributed by atoms with van der Waals surface area (Å²) in [5.41, 5.74) is 3.16. The van der Waals surface area contributed by atoms with Gasteiger partial charge in [-0.05, 0) is 67.1 Å². The van der Waals surface area contributed by atoms with Crippen molar-refractivity contribution in [2.24, 2.45) is 0 Å². The molecule has 1 N–H and O–H groups in total. The van der Waals surface area contributed by atoms with Crippen molar-refractivity contribution in [3.05, 3.63) is 105 Å². The molecule has 4 rings (SSSR count). The van der Waals surface area contributed by atoms with Crippen LogP contribution < -0.4 is 14.8 Å². The summed E-state index contributed by atoms with van der Waals surface area (Å²) in [6.45, 7) is 2.73. The van der Waals surface area contributed by atoms with E-state index in [1.165, 1.54) is 0 Å². The number of rotatable bonds is 8. The number of aryl methyl sites for hydroxylation is 1. The molecule has 3 aromatic carbocycles. The van der Waals surface area contributed by atoms with Crippen LogP contribution in [0.5, 0.6) is 11.5 Å². The Morgan fingerprint density at radius 1 is 1.00 bits per heavy atom. The van der Waals surface area contributed by atoms with E-state index >= 15 is 0 Å². The van der Waals surface area contributed by atoms with Crippen molar-refractivity contribution in [1.82, 2.24) is 9.78 Å². The summed E-state index contributed by atoms with van der Waals surface area (Å²) in [6.07, 6.45) is 0. The number of ether oxygens (including phenoxy) is 2. The molecule has 0 aliphatic heterocycles. The monoisotopic (exact) mass is 495 g/mol. The van der Waals surface area contributed by atoms with Gasteiger partial charge in [-0.15, -0.1) is 0 Å². The van der Waals surface area contributed by atoms with Gasteiger partial charge in [0.05, 0.1) is 13.7 Å². The number of benzene rings is 3. The van der Waals surface area contributed by atoms with Gasteiger partial charge in [0.1, 0.15) is 18.1 Å². The Labute approximate surface area is 208 Å². The van der Waals surface area contributed by atoms with Crippen molar-refractivity contribution in [3.63, 3.8) is 0 Å². The van der Waals surface area contributed by atoms with Gasteiger partial charge >= 0.3 is 0 Å². The maximum atomic E-state index is 12.9. The number of carbonyl (C=O) groups excluding carboxylic acids is 1. The highest BCUT2D eigenvalue weighted by molar-refractivity contribution is 6.30. The van der Waals surface area contributed by atoms with Gasteiger partial charge in [0.15, 0.2) is 5.82 Å². The molecule has 0 radical (unpaired) electrons. The summed E-state index contributed by atoms with van der Waals surface area (Å²) in [5, 5.41) is 8.69. The third-order valence-electron chi connectivity index (χ3n) is 5.19. The molecule has 4 aromatic rings. The second kappa shape index (κ2) is 10.6. The van der Waals surface area contributed by atoms with Crippen LogP contribution in [0.4, 0.5) is 5.82 Å². The minimum Gasteiger partial charge on any atom is -0.496 e. The second-order valence-electron chi connectivity index (χ2n) is 7.68. The van der Waals surface area contributed by atoms with E-state index in [1.54, 1.807) is 49.6 Å². The van der Waals surface area contributed by atoms with Crippen molar-refractivity contribution >= 4 is 34.9 Å². The van der Waals surface area contributed by atoms with Crippen molar-refractivity contribution in [3.8, 4) is 11.5 Å². The molecule has 0 saturated heterocycles. The average molecular weight is 496 g/mol. The van der Waals surface area contributed by atoms with Crippen LogP contribution in [-0.2, 0) is 13.2 Å². The van der Waals surface area contributed by atoms with E-state index in [9.17, 15) is 4.79 Å². The molecule has 1 heterocycles. The molecule has 0 spiro atoms. The van der Waals surface area contributed by atoms with E-state index < -0.39 is 0 Å². The highest BCUT2D eigenvalue weighted by atomic mass is 35.5. The molecular formula is C26H23Cl2N3O3. The molecule has 8 heteroatoms. The van der Waals surface area contributed by atoms with Crippen LogP contribution >= 0.6 is 23.2 Å². The largest absolute Gasteiger partial charge is 0.496 e. The van der Waals surface area contributed by atoms with Crippen LogP contribution in [-0.4, -0.2) is 22.8 Å². The van der Waals surface area contributed by atoms with E-state index in [0.29, 0.717) is 39.5 Å². The molecule has 34 heavy (non-hydrogen) atoms. The minimum atomic E-state index is -0.275. The lowest BCUT2D eigenvalue weighted by atomic mass is 10.1.